The number of nitrogens with one attached hydrogen (secondary N) is 1. The number of imidazole rings is 1. The Hall–Kier alpha value is -4.51. The van der Waals surface area contributed by atoms with Gasteiger partial charge in [-0.25, -0.2) is 4.98 Å². The molecule has 1 aliphatic rings. The smallest absolute Gasteiger partial charge is 0.246 e. The van der Waals surface area contributed by atoms with Crippen LogP contribution >= 0.6 is 0 Å². The number of methoxy groups -OCH3 is 2. The van der Waals surface area contributed by atoms with Crippen LogP contribution < -0.4 is 14.8 Å². The average molecular weight is 692 g/mol. The van der Waals surface area contributed by atoms with Gasteiger partial charge >= 0.3 is 0 Å². The molecule has 2 atom stereocenters. The van der Waals surface area contributed by atoms with Gasteiger partial charge in [-0.3, -0.25) is 0 Å². The van der Waals surface area contributed by atoms with Crippen LogP contribution in [0.5, 0.6) is 11.6 Å². The van der Waals surface area contributed by atoms with E-state index in [1.165, 1.54) is 0 Å². The van der Waals surface area contributed by atoms with Crippen LogP contribution in [0.25, 0.3) is 11.2 Å². The predicted molar refractivity (Wildman–Crippen MR) is 202 cm³/mol. The third-order valence-electron chi connectivity index (χ3n) is 10.1. The first-order valence-corrected chi connectivity index (χ1v) is 20.2. The second kappa shape index (κ2) is 14.8. The minimum absolute atomic E-state index is 0.00512. The monoisotopic (exact) mass is 691 g/mol. The van der Waals surface area contributed by atoms with Crippen LogP contribution in [0, 0.1) is 0 Å². The van der Waals surface area contributed by atoms with E-state index >= 15 is 0 Å². The van der Waals surface area contributed by atoms with Crippen molar-refractivity contribution in [3.63, 3.8) is 0 Å². The first-order chi connectivity index (χ1) is 24.1. The lowest BCUT2D eigenvalue weighted by Crippen LogP contribution is -2.41. The summed E-state index contributed by atoms with van der Waals surface area (Å²) in [6, 6.07) is 28.8. The fourth-order valence-electron chi connectivity index (χ4n) is 6.25. The van der Waals surface area contributed by atoms with Gasteiger partial charge < -0.3 is 28.5 Å². The molecule has 50 heavy (non-hydrogen) atoms. The van der Waals surface area contributed by atoms with Crippen LogP contribution in [-0.4, -0.2) is 61.4 Å². The van der Waals surface area contributed by atoms with E-state index in [-0.39, 0.29) is 17.2 Å². The molecule has 3 aromatic carbocycles. The van der Waals surface area contributed by atoms with Gasteiger partial charge in [0.05, 0.1) is 32.7 Å². The average Bonchev–Trinajstić information content (AvgIpc) is 3.77. The summed E-state index contributed by atoms with van der Waals surface area (Å²) in [7, 11) is 1.53. The molecule has 0 aliphatic heterocycles. The number of fused-ring (bicyclic) bond motifs is 1. The van der Waals surface area contributed by atoms with E-state index in [1.807, 2.05) is 54.9 Å². The summed E-state index contributed by atoms with van der Waals surface area (Å²) in [6.45, 7) is 12.7. The van der Waals surface area contributed by atoms with Crippen molar-refractivity contribution in [3.8, 4) is 11.6 Å². The fraction of sp³-hybridized carbons (Fsp3) is 0.375. The van der Waals surface area contributed by atoms with Gasteiger partial charge in [0, 0.05) is 19.6 Å². The molecule has 0 saturated heterocycles. The van der Waals surface area contributed by atoms with E-state index in [1.54, 1.807) is 14.2 Å². The van der Waals surface area contributed by atoms with Crippen molar-refractivity contribution in [2.24, 2.45) is 0 Å². The maximum Gasteiger partial charge on any atom is 0.246 e. The lowest BCUT2D eigenvalue weighted by molar-refractivity contribution is 0.0696. The number of benzene rings is 3. The molecule has 262 valence electrons. The summed E-state index contributed by atoms with van der Waals surface area (Å²) < 4.78 is 26.0. The fourth-order valence-corrected chi connectivity index (χ4v) is 7.34. The standard InChI is InChI=1S/C40H49N5O4Si/c1-39(2,3)50(6,7)49-26-14-25-48-34-24-21-32(27-34)45-28-41-35-36(45)42-38(43-37(35)47-5)44-40(29-15-10-8-11-16-29,30-17-12-9-13-18-30)31-19-22-33(46-4)23-20-31/h8-13,15-24,28,32,34H,14,25-27H2,1-7H3,(H,42,43,44)/t32-,34+/m0/s1. The minimum atomic E-state index is -1.76. The van der Waals surface area contributed by atoms with E-state index < -0.39 is 13.9 Å². The Morgan fingerprint density at radius 3 is 2.04 bits per heavy atom. The molecule has 0 fully saturated rings. The highest BCUT2D eigenvalue weighted by molar-refractivity contribution is 6.74. The molecule has 6 rings (SSSR count). The predicted octanol–water partition coefficient (Wildman–Crippen LogP) is 8.55. The van der Waals surface area contributed by atoms with Crippen molar-refractivity contribution in [1.29, 1.82) is 0 Å². The Labute approximate surface area is 296 Å². The van der Waals surface area contributed by atoms with Crippen LogP contribution in [-0.2, 0) is 14.7 Å². The first kappa shape index (κ1) is 35.3. The summed E-state index contributed by atoms with van der Waals surface area (Å²) in [5, 5.41) is 3.98. The Balaban J connectivity index is 1.29. The highest BCUT2D eigenvalue weighted by Gasteiger charge is 2.39. The van der Waals surface area contributed by atoms with Crippen LogP contribution in [0.15, 0.2) is 103 Å². The lowest BCUT2D eigenvalue weighted by atomic mass is 9.77. The van der Waals surface area contributed by atoms with Crippen LogP contribution in [0.2, 0.25) is 18.1 Å². The zero-order chi connectivity index (χ0) is 35.4. The molecule has 0 saturated carbocycles. The SMILES string of the molecule is COc1ccc(C(Nc2nc(OC)c3ncn([C@H]4C=C[C@@H](OCCCO[Si](C)(C)C(C)(C)C)C4)c3n2)(c2ccccc2)c2ccccc2)cc1. The molecule has 0 bridgehead atoms. The number of aromatic nitrogens is 4. The molecule has 2 heterocycles. The molecule has 0 unspecified atom stereocenters. The number of nitrogens with zero attached hydrogens (tertiary/aromatic N) is 4. The number of rotatable bonds is 14. The minimum Gasteiger partial charge on any atom is -0.497 e. The first-order valence-electron chi connectivity index (χ1n) is 17.3. The molecule has 0 amide bonds. The maximum absolute atomic E-state index is 6.34. The van der Waals surface area contributed by atoms with Crippen molar-refractivity contribution in [2.45, 2.75) is 69.4 Å². The molecule has 0 radical (unpaired) electrons. The second-order valence-electron chi connectivity index (χ2n) is 14.3. The molecule has 1 aliphatic carbocycles. The zero-order valence-corrected chi connectivity index (χ0v) is 31.2. The Kier molecular flexibility index (Phi) is 10.4. The number of hydrogen-bond acceptors (Lipinski definition) is 8. The summed E-state index contributed by atoms with van der Waals surface area (Å²) in [6.07, 6.45) is 7.80. The molecule has 9 nitrogen and oxygen atoms in total. The largest absolute Gasteiger partial charge is 0.497 e. The Morgan fingerprint density at radius 2 is 1.44 bits per heavy atom. The van der Waals surface area contributed by atoms with Crippen molar-refractivity contribution in [1.82, 2.24) is 19.5 Å². The number of anilines is 1. The van der Waals surface area contributed by atoms with Crippen LogP contribution in [0.4, 0.5) is 5.95 Å². The summed E-state index contributed by atoms with van der Waals surface area (Å²) in [5.41, 5.74) is 3.50. The van der Waals surface area contributed by atoms with Gasteiger partial charge in [-0.15, -0.1) is 0 Å². The van der Waals surface area contributed by atoms with E-state index in [2.05, 4.69) is 92.3 Å². The van der Waals surface area contributed by atoms with Gasteiger partial charge in [-0.2, -0.15) is 9.97 Å². The molecule has 0 spiro atoms. The topological polar surface area (TPSA) is 92.5 Å². The molecular formula is C40H49N5O4Si. The van der Waals surface area contributed by atoms with Gasteiger partial charge in [0.25, 0.3) is 0 Å². The van der Waals surface area contributed by atoms with Crippen molar-refractivity contribution in [3.05, 3.63) is 120 Å². The third-order valence-corrected chi connectivity index (χ3v) is 14.6. The van der Waals surface area contributed by atoms with Gasteiger partial charge in [0.2, 0.25) is 11.8 Å². The van der Waals surface area contributed by atoms with Gasteiger partial charge in [0.15, 0.2) is 19.5 Å². The molecule has 10 heteroatoms. The highest BCUT2D eigenvalue weighted by atomic mass is 28.4. The summed E-state index contributed by atoms with van der Waals surface area (Å²) >= 11 is 0. The Morgan fingerprint density at radius 1 is 0.800 bits per heavy atom. The zero-order valence-electron chi connectivity index (χ0n) is 30.2. The number of ether oxygens (including phenoxy) is 3. The molecule has 2 aromatic heterocycles. The van der Waals surface area contributed by atoms with Crippen molar-refractivity contribution < 1.29 is 18.6 Å². The number of hydrogen-bond donors (Lipinski definition) is 1. The lowest BCUT2D eigenvalue weighted by Gasteiger charge is -2.37. The quantitative estimate of drug-likeness (QED) is 0.0536. The van der Waals surface area contributed by atoms with Crippen LogP contribution in [0.1, 0.15) is 56.3 Å². The van der Waals surface area contributed by atoms with E-state index in [0.29, 0.717) is 29.6 Å². The summed E-state index contributed by atoms with van der Waals surface area (Å²) in [5.74, 6) is 1.59. The maximum atomic E-state index is 6.34. The third kappa shape index (κ3) is 7.19. The highest BCUT2D eigenvalue weighted by Crippen LogP contribution is 2.41. The van der Waals surface area contributed by atoms with Gasteiger partial charge in [-0.05, 0) is 53.4 Å². The van der Waals surface area contributed by atoms with E-state index in [4.69, 9.17) is 33.6 Å². The van der Waals surface area contributed by atoms with Crippen LogP contribution in [0.3, 0.4) is 0 Å². The van der Waals surface area contributed by atoms with Gasteiger partial charge in [0.1, 0.15) is 11.3 Å². The van der Waals surface area contributed by atoms with Crippen molar-refractivity contribution >= 4 is 25.4 Å². The normalized spacial score (nSPS) is 16.5. The molecule has 1 N–H and O–H groups in total. The molecular weight excluding hydrogens is 643 g/mol. The van der Waals surface area contributed by atoms with E-state index in [9.17, 15) is 0 Å². The number of allylic oxidation sites excluding steroid dienone is 1. The molecule has 5 aromatic rings. The summed E-state index contributed by atoms with van der Waals surface area (Å²) in [4.78, 5) is 14.7. The second-order valence-corrected chi connectivity index (χ2v) is 19.1. The van der Waals surface area contributed by atoms with E-state index in [0.717, 1.165) is 41.9 Å². The Bertz CT molecular complexity index is 1850. The van der Waals surface area contributed by atoms with Gasteiger partial charge in [-0.1, -0.05) is 106 Å². The van der Waals surface area contributed by atoms with Crippen molar-refractivity contribution in [2.75, 3.05) is 32.8 Å².